The molecule has 0 spiro atoms. The van der Waals surface area contributed by atoms with Crippen LogP contribution in [0.15, 0.2) is 36.4 Å². The summed E-state index contributed by atoms with van der Waals surface area (Å²) in [6, 6.07) is 12.2. The molecule has 6 heteroatoms. The third-order valence-electron chi connectivity index (χ3n) is 5.29. The zero-order chi connectivity index (χ0) is 20.1. The average molecular weight is 383 g/mol. The number of ether oxygens (including phenoxy) is 1. The molecule has 2 amide bonds. The van der Waals surface area contributed by atoms with Crippen LogP contribution in [0, 0.1) is 5.92 Å². The number of amides is 2. The average Bonchev–Trinajstić information content (AvgIpc) is 3.07. The van der Waals surface area contributed by atoms with Gasteiger partial charge < -0.3 is 19.9 Å². The van der Waals surface area contributed by atoms with Gasteiger partial charge in [-0.25, -0.2) is 0 Å². The molecule has 6 nitrogen and oxygen atoms in total. The molecule has 1 N–H and O–H groups in total. The minimum absolute atomic E-state index is 0.0418. The third-order valence-corrected chi connectivity index (χ3v) is 5.29. The second-order valence-corrected chi connectivity index (χ2v) is 7.55. The highest BCUT2D eigenvalue weighted by Crippen LogP contribution is 2.28. The van der Waals surface area contributed by atoms with Gasteiger partial charge in [0.25, 0.3) is 0 Å². The Morgan fingerprint density at radius 2 is 2.04 bits per heavy atom. The fourth-order valence-corrected chi connectivity index (χ4v) is 3.70. The van der Waals surface area contributed by atoms with Crippen molar-refractivity contribution in [2.75, 3.05) is 47.4 Å². The first-order valence-electron chi connectivity index (χ1n) is 9.74. The number of carbonyl (C=O) groups is 2. The van der Waals surface area contributed by atoms with Gasteiger partial charge in [-0.2, -0.15) is 0 Å². The highest BCUT2D eigenvalue weighted by Gasteiger charge is 2.33. The maximum atomic E-state index is 12.6. The summed E-state index contributed by atoms with van der Waals surface area (Å²) in [6.07, 6.45) is 0.984. The second kappa shape index (κ2) is 9.06. The normalized spacial score (nSPS) is 16.8. The van der Waals surface area contributed by atoms with Gasteiger partial charge in [0.2, 0.25) is 11.8 Å². The first-order chi connectivity index (χ1) is 13.5. The van der Waals surface area contributed by atoms with Gasteiger partial charge in [-0.05, 0) is 37.4 Å². The molecule has 2 aromatic carbocycles. The van der Waals surface area contributed by atoms with Crippen LogP contribution in [0.25, 0.3) is 10.8 Å². The fraction of sp³-hybridized carbons (Fsp3) is 0.455. The van der Waals surface area contributed by atoms with Crippen molar-refractivity contribution in [3.63, 3.8) is 0 Å². The molecule has 3 rings (SSSR count). The molecule has 0 saturated carbocycles. The zero-order valence-electron chi connectivity index (χ0n) is 16.9. The molecule has 1 atom stereocenters. The maximum absolute atomic E-state index is 12.6. The van der Waals surface area contributed by atoms with Gasteiger partial charge in [0.05, 0.1) is 13.0 Å². The van der Waals surface area contributed by atoms with Crippen LogP contribution in [0.5, 0.6) is 5.75 Å². The molecule has 1 saturated heterocycles. The number of hydrogen-bond acceptors (Lipinski definition) is 4. The van der Waals surface area contributed by atoms with Crippen LogP contribution in [0.4, 0.5) is 0 Å². The zero-order valence-corrected chi connectivity index (χ0v) is 16.9. The number of nitrogens with one attached hydrogen (secondary N) is 1. The lowest BCUT2D eigenvalue weighted by Crippen LogP contribution is -2.36. The van der Waals surface area contributed by atoms with Gasteiger partial charge in [-0.15, -0.1) is 0 Å². The molecule has 0 aliphatic carbocycles. The number of likely N-dealkylation sites (N-methyl/N-ethyl adjacent to an activating group) is 1. The number of nitrogens with zero attached hydrogens (tertiary/aromatic N) is 2. The molecular weight excluding hydrogens is 354 g/mol. The van der Waals surface area contributed by atoms with Crippen LogP contribution in [0.1, 0.15) is 12.0 Å². The maximum Gasteiger partial charge on any atom is 0.225 e. The molecule has 0 unspecified atom stereocenters. The molecule has 0 radical (unpaired) electrons. The van der Waals surface area contributed by atoms with Crippen LogP contribution in [-0.4, -0.2) is 69.0 Å². The monoisotopic (exact) mass is 383 g/mol. The Morgan fingerprint density at radius 3 is 2.79 bits per heavy atom. The molecule has 1 fully saturated rings. The van der Waals surface area contributed by atoms with Crippen molar-refractivity contribution in [1.29, 1.82) is 0 Å². The summed E-state index contributed by atoms with van der Waals surface area (Å²) in [4.78, 5) is 28.5. The van der Waals surface area contributed by atoms with E-state index in [0.29, 0.717) is 32.5 Å². The second-order valence-electron chi connectivity index (χ2n) is 7.55. The molecule has 1 heterocycles. The molecule has 28 heavy (non-hydrogen) atoms. The van der Waals surface area contributed by atoms with E-state index < -0.39 is 0 Å². The van der Waals surface area contributed by atoms with Crippen molar-refractivity contribution < 1.29 is 14.3 Å². The predicted octanol–water partition coefficient (Wildman–Crippen LogP) is 1.92. The Kier molecular flexibility index (Phi) is 6.52. The summed E-state index contributed by atoms with van der Waals surface area (Å²) in [6.45, 7) is 2.51. The van der Waals surface area contributed by atoms with Crippen LogP contribution in [0.3, 0.4) is 0 Å². The largest absolute Gasteiger partial charge is 0.496 e. The molecule has 150 valence electrons. The SMILES string of the molecule is COc1ccc2ccccc2c1CCNC(=O)[C@@H]1CC(=O)N(CCN(C)C)C1. The number of likely N-dealkylation sites (tertiary alicyclic amines) is 1. The lowest BCUT2D eigenvalue weighted by molar-refractivity contribution is -0.129. The number of benzene rings is 2. The van der Waals surface area contributed by atoms with Crippen molar-refractivity contribution in [3.05, 3.63) is 42.0 Å². The molecule has 0 aromatic heterocycles. The standard InChI is InChI=1S/C22H29N3O3/c1-24(2)12-13-25-15-17(14-21(25)26)22(27)23-11-10-19-18-7-5-4-6-16(18)8-9-20(19)28-3/h4-9,17H,10-15H2,1-3H3,(H,23,27)/t17-/m1/s1. The number of rotatable bonds is 8. The Morgan fingerprint density at radius 1 is 1.25 bits per heavy atom. The van der Waals surface area contributed by atoms with E-state index in [4.69, 9.17) is 4.74 Å². The van der Waals surface area contributed by atoms with Gasteiger partial charge in [-0.3, -0.25) is 9.59 Å². The summed E-state index contributed by atoms with van der Waals surface area (Å²) in [5, 5.41) is 5.31. The molecule has 0 bridgehead atoms. The summed E-state index contributed by atoms with van der Waals surface area (Å²) in [7, 11) is 5.62. The Labute approximate surface area is 166 Å². The number of hydrogen-bond donors (Lipinski definition) is 1. The van der Waals surface area contributed by atoms with Gasteiger partial charge in [0.1, 0.15) is 5.75 Å². The van der Waals surface area contributed by atoms with Gasteiger partial charge in [0.15, 0.2) is 0 Å². The van der Waals surface area contributed by atoms with Gasteiger partial charge >= 0.3 is 0 Å². The number of methoxy groups -OCH3 is 1. The summed E-state index contributed by atoms with van der Waals surface area (Å²) in [5.41, 5.74) is 1.09. The smallest absolute Gasteiger partial charge is 0.225 e. The van der Waals surface area contributed by atoms with E-state index in [0.717, 1.165) is 28.6 Å². The van der Waals surface area contributed by atoms with Crippen molar-refractivity contribution in [3.8, 4) is 5.75 Å². The van der Waals surface area contributed by atoms with Crippen molar-refractivity contribution in [2.45, 2.75) is 12.8 Å². The first kappa shape index (κ1) is 20.1. The highest BCUT2D eigenvalue weighted by molar-refractivity contribution is 5.90. The molecular formula is C22H29N3O3. The van der Waals surface area contributed by atoms with E-state index in [2.05, 4.69) is 17.4 Å². The van der Waals surface area contributed by atoms with Crippen LogP contribution in [0.2, 0.25) is 0 Å². The topological polar surface area (TPSA) is 61.9 Å². The van der Waals surface area contributed by atoms with E-state index in [9.17, 15) is 9.59 Å². The van der Waals surface area contributed by atoms with Gasteiger partial charge in [0, 0.05) is 38.2 Å². The predicted molar refractivity (Wildman–Crippen MR) is 110 cm³/mol. The minimum atomic E-state index is -0.260. The van der Waals surface area contributed by atoms with Crippen molar-refractivity contribution in [2.24, 2.45) is 5.92 Å². The van der Waals surface area contributed by atoms with E-state index in [1.54, 1.807) is 12.0 Å². The Balaban J connectivity index is 1.58. The molecule has 2 aromatic rings. The minimum Gasteiger partial charge on any atom is -0.496 e. The van der Waals surface area contributed by atoms with Crippen molar-refractivity contribution >= 4 is 22.6 Å². The van der Waals surface area contributed by atoms with E-state index in [1.807, 2.05) is 43.3 Å². The van der Waals surface area contributed by atoms with Crippen molar-refractivity contribution in [1.82, 2.24) is 15.1 Å². The Bertz CT molecular complexity index is 850. The Hall–Kier alpha value is -2.60. The van der Waals surface area contributed by atoms with E-state index >= 15 is 0 Å². The summed E-state index contributed by atoms with van der Waals surface area (Å²) >= 11 is 0. The molecule has 1 aliphatic rings. The molecule has 1 aliphatic heterocycles. The highest BCUT2D eigenvalue weighted by atomic mass is 16.5. The van der Waals surface area contributed by atoms with E-state index in [-0.39, 0.29) is 17.7 Å². The third kappa shape index (κ3) is 4.62. The fourth-order valence-electron chi connectivity index (χ4n) is 3.70. The van der Waals surface area contributed by atoms with Gasteiger partial charge in [-0.1, -0.05) is 30.3 Å². The first-order valence-corrected chi connectivity index (χ1v) is 9.74. The van der Waals surface area contributed by atoms with Crippen LogP contribution >= 0.6 is 0 Å². The van der Waals surface area contributed by atoms with Crippen LogP contribution in [-0.2, 0) is 16.0 Å². The lowest BCUT2D eigenvalue weighted by Gasteiger charge is -2.19. The summed E-state index contributed by atoms with van der Waals surface area (Å²) < 4.78 is 5.52. The number of fused-ring (bicyclic) bond motifs is 1. The number of carbonyl (C=O) groups excluding carboxylic acids is 2. The summed E-state index contributed by atoms with van der Waals surface area (Å²) in [5.74, 6) is 0.598. The van der Waals surface area contributed by atoms with Crippen LogP contribution < -0.4 is 10.1 Å². The lowest BCUT2D eigenvalue weighted by atomic mass is 10.0. The van der Waals surface area contributed by atoms with E-state index in [1.165, 1.54) is 0 Å². The quantitative estimate of drug-likeness (QED) is 0.757.